The number of halogens is 2. The zero-order valence-electron chi connectivity index (χ0n) is 9.93. The van der Waals surface area contributed by atoms with Crippen LogP contribution in [0, 0.1) is 5.82 Å². The quantitative estimate of drug-likeness (QED) is 0.861. The highest BCUT2D eigenvalue weighted by Gasteiger charge is 2.23. The molecular formula is C12H17ClFN3O. The topological polar surface area (TPSA) is 68.0 Å². The molecule has 0 spiro atoms. The lowest BCUT2D eigenvalue weighted by Gasteiger charge is -2.29. The van der Waals surface area contributed by atoms with Gasteiger partial charge in [-0.15, -0.1) is 12.4 Å². The Hall–Kier alpha value is -1.20. The summed E-state index contributed by atoms with van der Waals surface area (Å²) in [6.07, 6.45) is 6.41. The Balaban J connectivity index is 0.00000162. The number of hydrogen-bond donors (Lipinski definition) is 2. The minimum Gasteiger partial charge on any atom is -0.348 e. The van der Waals surface area contributed by atoms with Crippen molar-refractivity contribution in [2.45, 2.75) is 37.8 Å². The van der Waals surface area contributed by atoms with E-state index >= 15 is 0 Å². The van der Waals surface area contributed by atoms with Crippen LogP contribution in [-0.4, -0.2) is 23.0 Å². The molecule has 1 aromatic rings. The van der Waals surface area contributed by atoms with Crippen LogP contribution in [0.15, 0.2) is 18.5 Å². The van der Waals surface area contributed by atoms with Gasteiger partial charge in [-0.2, -0.15) is 0 Å². The minimum absolute atomic E-state index is 0. The van der Waals surface area contributed by atoms with Crippen molar-refractivity contribution in [3.63, 3.8) is 0 Å². The van der Waals surface area contributed by atoms with Crippen LogP contribution in [0.1, 0.15) is 36.0 Å². The molecule has 2 atom stereocenters. The molecule has 0 aromatic carbocycles. The average Bonchev–Trinajstić information content (AvgIpc) is 2.32. The zero-order valence-corrected chi connectivity index (χ0v) is 10.8. The van der Waals surface area contributed by atoms with Gasteiger partial charge in [-0.05, 0) is 18.9 Å². The van der Waals surface area contributed by atoms with Gasteiger partial charge in [0.2, 0.25) is 0 Å². The molecule has 0 radical (unpaired) electrons. The Kier molecular flexibility index (Phi) is 5.50. The molecule has 6 heteroatoms. The lowest BCUT2D eigenvalue weighted by molar-refractivity contribution is 0.0920. The molecule has 18 heavy (non-hydrogen) atoms. The Morgan fingerprint density at radius 2 is 2.11 bits per heavy atom. The normalized spacial score (nSPS) is 23.0. The molecule has 1 aliphatic carbocycles. The highest BCUT2D eigenvalue weighted by Crippen LogP contribution is 2.17. The van der Waals surface area contributed by atoms with Crippen LogP contribution in [0.4, 0.5) is 4.39 Å². The fraction of sp³-hybridized carbons (Fsp3) is 0.500. The highest BCUT2D eigenvalue weighted by molar-refractivity contribution is 5.94. The van der Waals surface area contributed by atoms with E-state index < -0.39 is 5.82 Å². The summed E-state index contributed by atoms with van der Waals surface area (Å²) in [6.45, 7) is 0. The van der Waals surface area contributed by atoms with Crippen LogP contribution in [0.5, 0.6) is 0 Å². The molecule has 1 amide bonds. The Morgan fingerprint density at radius 1 is 1.39 bits per heavy atom. The molecule has 4 nitrogen and oxygen atoms in total. The third-order valence-electron chi connectivity index (χ3n) is 3.10. The second-order valence-corrected chi connectivity index (χ2v) is 4.42. The van der Waals surface area contributed by atoms with Crippen molar-refractivity contribution in [3.05, 3.63) is 29.8 Å². The van der Waals surface area contributed by atoms with Crippen molar-refractivity contribution in [2.75, 3.05) is 0 Å². The van der Waals surface area contributed by atoms with E-state index in [2.05, 4.69) is 10.3 Å². The highest BCUT2D eigenvalue weighted by atomic mass is 35.5. The molecule has 0 unspecified atom stereocenters. The fourth-order valence-electron chi connectivity index (χ4n) is 2.13. The van der Waals surface area contributed by atoms with E-state index in [1.807, 2.05) is 0 Å². The van der Waals surface area contributed by atoms with E-state index in [0.717, 1.165) is 31.9 Å². The smallest absolute Gasteiger partial charge is 0.253 e. The SMILES string of the molecule is Cl.N[C@@H]1CCCC[C@H]1NC(=O)c1cncc(F)c1. The van der Waals surface area contributed by atoms with Crippen molar-refractivity contribution < 1.29 is 9.18 Å². The second-order valence-electron chi connectivity index (χ2n) is 4.42. The Labute approximate surface area is 112 Å². The van der Waals surface area contributed by atoms with Crippen LogP contribution in [-0.2, 0) is 0 Å². The van der Waals surface area contributed by atoms with E-state index in [9.17, 15) is 9.18 Å². The van der Waals surface area contributed by atoms with Gasteiger partial charge in [0.15, 0.2) is 0 Å². The van der Waals surface area contributed by atoms with Gasteiger partial charge >= 0.3 is 0 Å². The number of nitrogens with two attached hydrogens (primary N) is 1. The number of amides is 1. The van der Waals surface area contributed by atoms with Crippen LogP contribution in [0.2, 0.25) is 0 Å². The summed E-state index contributed by atoms with van der Waals surface area (Å²) in [5.41, 5.74) is 6.17. The van der Waals surface area contributed by atoms with E-state index in [1.165, 1.54) is 12.3 Å². The largest absolute Gasteiger partial charge is 0.348 e. The van der Waals surface area contributed by atoms with Crippen molar-refractivity contribution in [1.29, 1.82) is 0 Å². The van der Waals surface area contributed by atoms with E-state index in [0.29, 0.717) is 0 Å². The maximum Gasteiger partial charge on any atom is 0.253 e. The molecule has 0 bridgehead atoms. The summed E-state index contributed by atoms with van der Waals surface area (Å²) in [4.78, 5) is 15.5. The van der Waals surface area contributed by atoms with E-state index in [4.69, 9.17) is 5.73 Å². The van der Waals surface area contributed by atoms with Gasteiger partial charge in [0.25, 0.3) is 5.91 Å². The summed E-state index contributed by atoms with van der Waals surface area (Å²) in [5, 5.41) is 2.84. The molecular weight excluding hydrogens is 257 g/mol. The fourth-order valence-corrected chi connectivity index (χ4v) is 2.13. The summed E-state index contributed by atoms with van der Waals surface area (Å²) in [5.74, 6) is -0.815. The summed E-state index contributed by atoms with van der Waals surface area (Å²) in [6, 6.07) is 1.16. The van der Waals surface area contributed by atoms with Gasteiger partial charge in [-0.25, -0.2) is 4.39 Å². The van der Waals surface area contributed by atoms with Gasteiger partial charge in [0.1, 0.15) is 5.82 Å². The van der Waals surface area contributed by atoms with Gasteiger partial charge in [-0.3, -0.25) is 9.78 Å². The maximum atomic E-state index is 12.9. The predicted octanol–water partition coefficient (Wildman–Crippen LogP) is 1.64. The first-order chi connectivity index (χ1) is 8.16. The lowest BCUT2D eigenvalue weighted by atomic mass is 9.91. The molecule has 2 rings (SSSR count). The van der Waals surface area contributed by atoms with Crippen molar-refractivity contribution in [3.8, 4) is 0 Å². The van der Waals surface area contributed by atoms with E-state index in [1.54, 1.807) is 0 Å². The number of hydrogen-bond acceptors (Lipinski definition) is 3. The summed E-state index contributed by atoms with van der Waals surface area (Å²) in [7, 11) is 0. The Bertz CT molecular complexity index is 416. The van der Waals surface area contributed by atoms with E-state index in [-0.39, 0.29) is 36.0 Å². The van der Waals surface area contributed by atoms with Gasteiger partial charge in [0, 0.05) is 18.3 Å². The monoisotopic (exact) mass is 273 g/mol. The molecule has 1 heterocycles. The second kappa shape index (κ2) is 6.66. The van der Waals surface area contributed by atoms with Crippen LogP contribution in [0.3, 0.4) is 0 Å². The first kappa shape index (κ1) is 14.9. The number of carbonyl (C=O) groups excluding carboxylic acids is 1. The van der Waals surface area contributed by atoms with Gasteiger partial charge < -0.3 is 11.1 Å². The van der Waals surface area contributed by atoms with Crippen molar-refractivity contribution in [2.24, 2.45) is 5.73 Å². The van der Waals surface area contributed by atoms with Gasteiger partial charge in [0.05, 0.1) is 11.8 Å². The van der Waals surface area contributed by atoms with Gasteiger partial charge in [-0.1, -0.05) is 12.8 Å². The van der Waals surface area contributed by atoms with Crippen molar-refractivity contribution in [1.82, 2.24) is 10.3 Å². The molecule has 3 N–H and O–H groups in total. The minimum atomic E-state index is -0.509. The lowest BCUT2D eigenvalue weighted by Crippen LogP contribution is -2.49. The third-order valence-corrected chi connectivity index (χ3v) is 3.10. The van der Waals surface area contributed by atoms with Crippen LogP contribution in [0.25, 0.3) is 0 Å². The molecule has 1 fully saturated rings. The molecule has 0 saturated heterocycles. The summed E-state index contributed by atoms with van der Waals surface area (Å²) >= 11 is 0. The standard InChI is InChI=1S/C12H16FN3O.ClH/c13-9-5-8(6-15-7-9)12(17)16-11-4-2-1-3-10(11)14;/h5-7,10-11H,1-4,14H2,(H,16,17);1H/t10-,11-;/m1./s1. The number of aromatic nitrogens is 1. The third kappa shape index (κ3) is 3.65. The first-order valence-electron chi connectivity index (χ1n) is 5.84. The average molecular weight is 274 g/mol. The number of nitrogens with zero attached hydrogens (tertiary/aromatic N) is 1. The molecule has 1 saturated carbocycles. The van der Waals surface area contributed by atoms with Crippen molar-refractivity contribution >= 4 is 18.3 Å². The number of pyridine rings is 1. The number of nitrogens with one attached hydrogen (secondary N) is 1. The molecule has 1 aliphatic rings. The number of rotatable bonds is 2. The predicted molar refractivity (Wildman–Crippen MR) is 69.1 cm³/mol. The summed E-state index contributed by atoms with van der Waals surface area (Å²) < 4.78 is 12.9. The molecule has 100 valence electrons. The maximum absolute atomic E-state index is 12.9. The Morgan fingerprint density at radius 3 is 2.78 bits per heavy atom. The zero-order chi connectivity index (χ0) is 12.3. The molecule has 1 aromatic heterocycles. The van der Waals surface area contributed by atoms with Crippen LogP contribution < -0.4 is 11.1 Å². The first-order valence-corrected chi connectivity index (χ1v) is 5.84. The molecule has 0 aliphatic heterocycles. The van der Waals surface area contributed by atoms with Crippen LogP contribution >= 0.6 is 12.4 Å². The number of carbonyl (C=O) groups is 1.